The molecule has 0 aromatic heterocycles. The summed E-state index contributed by atoms with van der Waals surface area (Å²) in [6.45, 7) is 5.91. The van der Waals surface area contributed by atoms with E-state index in [4.69, 9.17) is 4.74 Å². The van der Waals surface area contributed by atoms with Crippen LogP contribution in [0, 0.1) is 6.92 Å². The smallest absolute Gasteiger partial charge is 0.0562 e. The number of rotatable bonds is 4. The van der Waals surface area contributed by atoms with Crippen LogP contribution in [0.3, 0.4) is 0 Å². The van der Waals surface area contributed by atoms with Crippen molar-refractivity contribution in [3.8, 4) is 0 Å². The summed E-state index contributed by atoms with van der Waals surface area (Å²) >= 11 is 0. The normalized spacial score (nSPS) is 18.1. The lowest BCUT2D eigenvalue weighted by Crippen LogP contribution is -2.15. The van der Waals surface area contributed by atoms with Crippen LogP contribution < -0.4 is 0 Å². The number of hydrogen-bond acceptors (Lipinski definition) is 1. The molecule has 0 spiro atoms. The molecule has 1 fully saturated rings. The second-order valence-electron chi connectivity index (χ2n) is 4.28. The van der Waals surface area contributed by atoms with Gasteiger partial charge in [-0.3, -0.25) is 0 Å². The first-order valence-electron chi connectivity index (χ1n) is 5.42. The molecule has 0 radical (unpaired) electrons. The minimum Gasteiger partial charge on any atom is -0.381 e. The summed E-state index contributed by atoms with van der Waals surface area (Å²) in [5.74, 6) is 0. The van der Waals surface area contributed by atoms with Crippen molar-refractivity contribution in [1.29, 1.82) is 0 Å². The van der Waals surface area contributed by atoms with E-state index in [1.54, 1.807) is 0 Å². The zero-order valence-electron chi connectivity index (χ0n) is 9.05. The maximum absolute atomic E-state index is 5.55. The van der Waals surface area contributed by atoms with Gasteiger partial charge in [-0.1, -0.05) is 29.8 Å². The maximum atomic E-state index is 5.55. The average Bonchev–Trinajstić information content (AvgIpc) is 2.97. The highest BCUT2D eigenvalue weighted by Crippen LogP contribution is 2.48. The molecule has 0 amide bonds. The van der Waals surface area contributed by atoms with Crippen LogP contribution in [0.5, 0.6) is 0 Å². The Labute approximate surface area is 86.1 Å². The maximum Gasteiger partial charge on any atom is 0.0562 e. The molecule has 1 saturated carbocycles. The molecule has 0 saturated heterocycles. The molecule has 1 nitrogen and oxygen atoms in total. The third-order valence-corrected chi connectivity index (χ3v) is 3.10. The highest BCUT2D eigenvalue weighted by molar-refractivity contribution is 5.33. The van der Waals surface area contributed by atoms with E-state index in [9.17, 15) is 0 Å². The van der Waals surface area contributed by atoms with Gasteiger partial charge in [-0.15, -0.1) is 0 Å². The molecule has 1 aromatic carbocycles. The van der Waals surface area contributed by atoms with Crippen LogP contribution in [-0.2, 0) is 10.2 Å². The Kier molecular flexibility index (Phi) is 2.60. The highest BCUT2D eigenvalue weighted by atomic mass is 16.5. The number of ether oxygens (including phenoxy) is 1. The van der Waals surface area contributed by atoms with Crippen LogP contribution in [0.15, 0.2) is 24.3 Å². The lowest BCUT2D eigenvalue weighted by atomic mass is 9.96. The summed E-state index contributed by atoms with van der Waals surface area (Å²) in [6.07, 6.45) is 2.58. The van der Waals surface area contributed by atoms with Gasteiger partial charge in [0.05, 0.1) is 6.61 Å². The molecular weight excluding hydrogens is 172 g/mol. The van der Waals surface area contributed by atoms with Crippen LogP contribution in [0.1, 0.15) is 30.9 Å². The van der Waals surface area contributed by atoms with Crippen LogP contribution in [0.2, 0.25) is 0 Å². The molecule has 76 valence electrons. The Hall–Kier alpha value is -0.820. The van der Waals surface area contributed by atoms with Gasteiger partial charge in [-0.2, -0.15) is 0 Å². The molecular formula is C13H18O. The van der Waals surface area contributed by atoms with E-state index in [0.717, 1.165) is 13.2 Å². The molecule has 0 N–H and O–H groups in total. The van der Waals surface area contributed by atoms with Crippen LogP contribution in [0.4, 0.5) is 0 Å². The monoisotopic (exact) mass is 190 g/mol. The average molecular weight is 190 g/mol. The fraction of sp³-hybridized carbons (Fsp3) is 0.538. The molecule has 1 aromatic rings. The van der Waals surface area contributed by atoms with Crippen LogP contribution >= 0.6 is 0 Å². The van der Waals surface area contributed by atoms with Gasteiger partial charge in [-0.25, -0.2) is 0 Å². The topological polar surface area (TPSA) is 9.23 Å². The van der Waals surface area contributed by atoms with Crippen molar-refractivity contribution in [2.75, 3.05) is 13.2 Å². The first-order chi connectivity index (χ1) is 6.77. The van der Waals surface area contributed by atoms with Crippen LogP contribution in [0.25, 0.3) is 0 Å². The fourth-order valence-electron chi connectivity index (χ4n) is 1.87. The molecule has 0 bridgehead atoms. The lowest BCUT2D eigenvalue weighted by molar-refractivity contribution is 0.125. The zero-order valence-corrected chi connectivity index (χ0v) is 9.05. The van der Waals surface area contributed by atoms with Crippen molar-refractivity contribution >= 4 is 0 Å². The van der Waals surface area contributed by atoms with Gasteiger partial charge in [0.2, 0.25) is 0 Å². The first kappa shape index (κ1) is 9.72. The third-order valence-electron chi connectivity index (χ3n) is 3.10. The van der Waals surface area contributed by atoms with Gasteiger partial charge in [-0.05, 0) is 32.3 Å². The molecule has 14 heavy (non-hydrogen) atoms. The molecule has 0 heterocycles. The van der Waals surface area contributed by atoms with Crippen molar-refractivity contribution in [3.05, 3.63) is 35.4 Å². The van der Waals surface area contributed by atoms with Gasteiger partial charge in [0.1, 0.15) is 0 Å². The van der Waals surface area contributed by atoms with E-state index in [2.05, 4.69) is 38.1 Å². The predicted molar refractivity (Wildman–Crippen MR) is 58.6 cm³/mol. The molecule has 0 atom stereocenters. The number of aryl methyl sites for hydroxylation is 1. The minimum atomic E-state index is 0.365. The van der Waals surface area contributed by atoms with E-state index in [1.165, 1.54) is 24.0 Å². The van der Waals surface area contributed by atoms with Crippen molar-refractivity contribution in [3.63, 3.8) is 0 Å². The number of benzene rings is 1. The van der Waals surface area contributed by atoms with Gasteiger partial charge >= 0.3 is 0 Å². The summed E-state index contributed by atoms with van der Waals surface area (Å²) in [7, 11) is 0. The molecule has 0 unspecified atom stereocenters. The standard InChI is InChI=1S/C13H18O/c1-3-14-10-13(8-9-13)12-6-4-11(2)5-7-12/h4-7H,3,8-10H2,1-2H3. The molecule has 2 rings (SSSR count). The van der Waals surface area contributed by atoms with Crippen molar-refractivity contribution in [2.24, 2.45) is 0 Å². The van der Waals surface area contributed by atoms with E-state index < -0.39 is 0 Å². The van der Waals surface area contributed by atoms with Gasteiger partial charge in [0, 0.05) is 12.0 Å². The summed E-state index contributed by atoms with van der Waals surface area (Å²) in [5.41, 5.74) is 3.15. The van der Waals surface area contributed by atoms with Gasteiger partial charge in [0.25, 0.3) is 0 Å². The van der Waals surface area contributed by atoms with Gasteiger partial charge in [0.15, 0.2) is 0 Å². The molecule has 0 aliphatic heterocycles. The third kappa shape index (κ3) is 1.83. The Morgan fingerprint density at radius 2 is 1.86 bits per heavy atom. The Balaban J connectivity index is 2.10. The summed E-state index contributed by atoms with van der Waals surface area (Å²) < 4.78 is 5.55. The van der Waals surface area contributed by atoms with Gasteiger partial charge < -0.3 is 4.74 Å². The minimum absolute atomic E-state index is 0.365. The van der Waals surface area contributed by atoms with Crippen molar-refractivity contribution in [1.82, 2.24) is 0 Å². The lowest BCUT2D eigenvalue weighted by Gasteiger charge is -2.15. The first-order valence-corrected chi connectivity index (χ1v) is 5.42. The predicted octanol–water partition coefficient (Wildman–Crippen LogP) is 3.06. The molecule has 1 aliphatic carbocycles. The highest BCUT2D eigenvalue weighted by Gasteiger charge is 2.44. The fourth-order valence-corrected chi connectivity index (χ4v) is 1.87. The van der Waals surface area contributed by atoms with E-state index in [1.807, 2.05) is 0 Å². The second-order valence-corrected chi connectivity index (χ2v) is 4.28. The summed E-state index contributed by atoms with van der Waals surface area (Å²) in [5, 5.41) is 0. The number of hydrogen-bond donors (Lipinski definition) is 0. The SMILES string of the molecule is CCOCC1(c2ccc(C)cc2)CC1. The molecule has 1 heteroatoms. The van der Waals surface area contributed by atoms with Crippen LogP contribution in [-0.4, -0.2) is 13.2 Å². The van der Waals surface area contributed by atoms with E-state index >= 15 is 0 Å². The quantitative estimate of drug-likeness (QED) is 0.709. The Morgan fingerprint density at radius 3 is 2.36 bits per heavy atom. The summed E-state index contributed by atoms with van der Waals surface area (Å²) in [6, 6.07) is 8.89. The van der Waals surface area contributed by atoms with E-state index in [-0.39, 0.29) is 0 Å². The van der Waals surface area contributed by atoms with E-state index in [0.29, 0.717) is 5.41 Å². The zero-order chi connectivity index (χ0) is 10.0. The second kappa shape index (κ2) is 3.74. The molecule has 1 aliphatic rings. The Morgan fingerprint density at radius 1 is 1.21 bits per heavy atom. The largest absolute Gasteiger partial charge is 0.381 e. The summed E-state index contributed by atoms with van der Waals surface area (Å²) in [4.78, 5) is 0. The Bertz CT molecular complexity index is 296. The van der Waals surface area contributed by atoms with Crippen molar-refractivity contribution in [2.45, 2.75) is 32.1 Å². The van der Waals surface area contributed by atoms with Crippen molar-refractivity contribution < 1.29 is 4.74 Å².